The van der Waals surface area contributed by atoms with Gasteiger partial charge in [-0.1, -0.05) is 97.1 Å². The minimum absolute atomic E-state index is 0.624. The quantitative estimate of drug-likeness (QED) is 0.218. The van der Waals surface area contributed by atoms with E-state index in [-0.39, 0.29) is 0 Å². The zero-order chi connectivity index (χ0) is 27.9. The van der Waals surface area contributed by atoms with Gasteiger partial charge in [-0.05, 0) is 87.9 Å². The summed E-state index contributed by atoms with van der Waals surface area (Å²) < 4.78 is 6.29. The summed E-state index contributed by atoms with van der Waals surface area (Å²) in [6.45, 7) is 0. The minimum atomic E-state index is 0.624. The van der Waals surface area contributed by atoms with Crippen molar-refractivity contribution in [2.45, 2.75) is 0 Å². The van der Waals surface area contributed by atoms with E-state index in [9.17, 15) is 0 Å². The molecule has 0 aliphatic rings. The molecule has 0 amide bonds. The SMILES string of the molecule is c1ccc(N(c2ccc(-c3ccc4ccccc4c3)cc2)c2ccc(-c3nc4ccc5ccccc5c4o3)cc2)cc1. The highest BCUT2D eigenvalue weighted by molar-refractivity contribution is 6.03. The van der Waals surface area contributed by atoms with E-state index >= 15 is 0 Å². The van der Waals surface area contributed by atoms with Gasteiger partial charge in [-0.3, -0.25) is 0 Å². The van der Waals surface area contributed by atoms with E-state index in [0.717, 1.165) is 44.5 Å². The number of aromatic nitrogens is 1. The Labute approximate surface area is 243 Å². The molecule has 0 aliphatic carbocycles. The zero-order valence-corrected chi connectivity index (χ0v) is 22.8. The Morgan fingerprint density at radius 2 is 1.00 bits per heavy atom. The third kappa shape index (κ3) is 4.29. The van der Waals surface area contributed by atoms with Crippen molar-refractivity contribution in [2.24, 2.45) is 0 Å². The first-order valence-corrected chi connectivity index (χ1v) is 14.1. The van der Waals surface area contributed by atoms with Crippen LogP contribution >= 0.6 is 0 Å². The minimum Gasteiger partial charge on any atom is -0.435 e. The van der Waals surface area contributed by atoms with Gasteiger partial charge >= 0.3 is 0 Å². The number of hydrogen-bond donors (Lipinski definition) is 0. The van der Waals surface area contributed by atoms with Gasteiger partial charge in [-0.25, -0.2) is 4.98 Å². The summed E-state index contributed by atoms with van der Waals surface area (Å²) in [7, 11) is 0. The predicted molar refractivity (Wildman–Crippen MR) is 175 cm³/mol. The van der Waals surface area contributed by atoms with Crippen LogP contribution in [0.15, 0.2) is 162 Å². The van der Waals surface area contributed by atoms with Gasteiger partial charge in [0.05, 0.1) is 0 Å². The second kappa shape index (κ2) is 10.1. The van der Waals surface area contributed by atoms with Gasteiger partial charge in [0.2, 0.25) is 5.89 Å². The lowest BCUT2D eigenvalue weighted by Gasteiger charge is -2.25. The number of benzene rings is 7. The maximum atomic E-state index is 6.29. The lowest BCUT2D eigenvalue weighted by atomic mass is 10.0. The van der Waals surface area contributed by atoms with Crippen LogP contribution in [0.25, 0.3) is 55.2 Å². The monoisotopic (exact) mass is 538 g/mol. The molecule has 7 aromatic carbocycles. The molecule has 0 unspecified atom stereocenters. The fourth-order valence-corrected chi connectivity index (χ4v) is 5.73. The molecule has 1 aromatic heterocycles. The van der Waals surface area contributed by atoms with E-state index < -0.39 is 0 Å². The molecule has 0 aliphatic heterocycles. The van der Waals surface area contributed by atoms with Gasteiger partial charge in [0.1, 0.15) is 5.52 Å². The number of fused-ring (bicyclic) bond motifs is 4. The van der Waals surface area contributed by atoms with E-state index in [2.05, 4.69) is 138 Å². The first-order chi connectivity index (χ1) is 20.8. The van der Waals surface area contributed by atoms with Crippen LogP contribution in [0.3, 0.4) is 0 Å². The Morgan fingerprint density at radius 1 is 0.429 bits per heavy atom. The highest BCUT2D eigenvalue weighted by Gasteiger charge is 2.15. The molecule has 3 nitrogen and oxygen atoms in total. The lowest BCUT2D eigenvalue weighted by Crippen LogP contribution is -2.09. The van der Waals surface area contributed by atoms with E-state index in [1.807, 2.05) is 24.3 Å². The van der Waals surface area contributed by atoms with Crippen molar-refractivity contribution < 1.29 is 4.42 Å². The highest BCUT2D eigenvalue weighted by atomic mass is 16.3. The van der Waals surface area contributed by atoms with E-state index in [1.54, 1.807) is 0 Å². The first-order valence-electron chi connectivity index (χ1n) is 14.1. The summed E-state index contributed by atoms with van der Waals surface area (Å²) in [5.74, 6) is 0.624. The highest BCUT2D eigenvalue weighted by Crippen LogP contribution is 2.37. The van der Waals surface area contributed by atoms with E-state index in [0.29, 0.717) is 5.89 Å². The van der Waals surface area contributed by atoms with Crippen molar-refractivity contribution in [2.75, 3.05) is 4.90 Å². The van der Waals surface area contributed by atoms with Crippen molar-refractivity contribution >= 4 is 49.7 Å². The molecular formula is C39H26N2O. The molecule has 0 radical (unpaired) electrons. The molecule has 198 valence electrons. The molecule has 0 saturated carbocycles. The van der Waals surface area contributed by atoms with E-state index in [1.165, 1.54) is 21.9 Å². The topological polar surface area (TPSA) is 29.3 Å². The van der Waals surface area contributed by atoms with Crippen molar-refractivity contribution in [3.8, 4) is 22.6 Å². The Hall–Kier alpha value is -5.67. The maximum Gasteiger partial charge on any atom is 0.227 e. The van der Waals surface area contributed by atoms with Crippen LogP contribution in [0.5, 0.6) is 0 Å². The van der Waals surface area contributed by atoms with Gasteiger partial charge in [0.25, 0.3) is 0 Å². The van der Waals surface area contributed by atoms with Crippen LogP contribution in [-0.4, -0.2) is 4.98 Å². The van der Waals surface area contributed by atoms with Crippen LogP contribution in [0, 0.1) is 0 Å². The van der Waals surface area contributed by atoms with Gasteiger partial charge in [-0.15, -0.1) is 0 Å². The molecule has 0 atom stereocenters. The van der Waals surface area contributed by atoms with Crippen LogP contribution < -0.4 is 4.90 Å². The molecule has 0 spiro atoms. The molecule has 0 fully saturated rings. The van der Waals surface area contributed by atoms with Gasteiger partial charge in [0.15, 0.2) is 5.58 Å². The number of rotatable bonds is 5. The van der Waals surface area contributed by atoms with Crippen molar-refractivity contribution in [1.29, 1.82) is 0 Å². The lowest BCUT2D eigenvalue weighted by molar-refractivity contribution is 0.623. The fourth-order valence-electron chi connectivity index (χ4n) is 5.73. The summed E-state index contributed by atoms with van der Waals surface area (Å²) in [5.41, 5.74) is 8.28. The van der Waals surface area contributed by atoms with Crippen molar-refractivity contribution in [1.82, 2.24) is 4.98 Å². The first kappa shape index (κ1) is 24.2. The molecule has 0 saturated heterocycles. The predicted octanol–water partition coefficient (Wildman–Crippen LogP) is 10.9. The van der Waals surface area contributed by atoms with Crippen LogP contribution in [0.2, 0.25) is 0 Å². The molecule has 42 heavy (non-hydrogen) atoms. The zero-order valence-electron chi connectivity index (χ0n) is 22.8. The number of anilines is 3. The average molecular weight is 539 g/mol. The smallest absolute Gasteiger partial charge is 0.227 e. The van der Waals surface area contributed by atoms with Crippen molar-refractivity contribution in [3.05, 3.63) is 158 Å². The molecule has 3 heteroatoms. The average Bonchev–Trinajstić information content (AvgIpc) is 3.51. The Balaban J connectivity index is 1.15. The van der Waals surface area contributed by atoms with Crippen LogP contribution in [-0.2, 0) is 0 Å². The molecule has 0 bridgehead atoms. The summed E-state index contributed by atoms with van der Waals surface area (Å²) in [4.78, 5) is 7.07. The number of para-hydroxylation sites is 1. The Kier molecular flexibility index (Phi) is 5.79. The Bertz CT molecular complexity index is 2180. The molecular weight excluding hydrogens is 512 g/mol. The van der Waals surface area contributed by atoms with Crippen molar-refractivity contribution in [3.63, 3.8) is 0 Å². The number of hydrogen-bond acceptors (Lipinski definition) is 3. The molecule has 8 rings (SSSR count). The van der Waals surface area contributed by atoms with Gasteiger partial charge in [0, 0.05) is 28.0 Å². The Morgan fingerprint density at radius 3 is 1.76 bits per heavy atom. The maximum absolute atomic E-state index is 6.29. The van der Waals surface area contributed by atoms with E-state index in [4.69, 9.17) is 9.40 Å². The van der Waals surface area contributed by atoms with Gasteiger partial charge < -0.3 is 9.32 Å². The molecule has 1 heterocycles. The van der Waals surface area contributed by atoms with Gasteiger partial charge in [-0.2, -0.15) is 0 Å². The second-order valence-corrected chi connectivity index (χ2v) is 10.5. The van der Waals surface area contributed by atoms with Crippen LogP contribution in [0.1, 0.15) is 0 Å². The summed E-state index contributed by atoms with van der Waals surface area (Å²) in [6, 6.07) is 55.2. The standard InChI is InChI=1S/C39H26N2O/c1-2-11-33(12-3-1)41(34-21-16-28(17-22-34)32-15-14-27-8-4-5-10-31(27)26-32)35-23-18-30(19-24-35)39-40-37-25-20-29-9-6-7-13-36(29)38(37)42-39/h1-26H. The largest absolute Gasteiger partial charge is 0.435 e. The normalized spacial score (nSPS) is 11.3. The fraction of sp³-hybridized carbons (Fsp3) is 0. The molecule has 0 N–H and O–H groups in total. The molecule has 8 aromatic rings. The number of nitrogens with zero attached hydrogens (tertiary/aromatic N) is 2. The summed E-state index contributed by atoms with van der Waals surface area (Å²) >= 11 is 0. The van der Waals surface area contributed by atoms with Crippen LogP contribution in [0.4, 0.5) is 17.1 Å². The number of oxazole rings is 1. The summed E-state index contributed by atoms with van der Waals surface area (Å²) in [5, 5.41) is 4.72. The third-order valence-electron chi connectivity index (χ3n) is 7.87. The summed E-state index contributed by atoms with van der Waals surface area (Å²) in [6.07, 6.45) is 0. The second-order valence-electron chi connectivity index (χ2n) is 10.5. The third-order valence-corrected chi connectivity index (χ3v) is 7.87.